The highest BCUT2D eigenvalue weighted by Gasteiger charge is 2.17. The molecule has 2 aromatic heterocycles. The number of fused-ring (bicyclic) bond motifs is 1. The number of alkyl halides is 2. The van der Waals surface area contributed by atoms with Crippen LogP contribution >= 0.6 is 11.3 Å². The molecule has 0 atom stereocenters. The summed E-state index contributed by atoms with van der Waals surface area (Å²) in [5.41, 5.74) is 2.05. The molecule has 5 nitrogen and oxygen atoms in total. The third-order valence-corrected chi connectivity index (χ3v) is 5.01. The number of pyridine rings is 1. The summed E-state index contributed by atoms with van der Waals surface area (Å²) >= 11 is 1.15. The number of benzene rings is 2. The van der Waals surface area contributed by atoms with Gasteiger partial charge in [-0.3, -0.25) is 15.1 Å². The van der Waals surface area contributed by atoms with E-state index in [4.69, 9.17) is 0 Å². The fourth-order valence-corrected chi connectivity index (χ4v) is 3.72. The zero-order valence-corrected chi connectivity index (χ0v) is 16.3. The minimum Gasteiger partial charge on any atom is -0.434 e. The van der Waals surface area contributed by atoms with Gasteiger partial charge in [-0.2, -0.15) is 8.78 Å². The van der Waals surface area contributed by atoms with Crippen molar-refractivity contribution in [3.05, 3.63) is 71.0 Å². The van der Waals surface area contributed by atoms with E-state index < -0.39 is 18.3 Å². The van der Waals surface area contributed by atoms with E-state index in [1.165, 1.54) is 24.3 Å². The van der Waals surface area contributed by atoms with Gasteiger partial charge >= 0.3 is 6.61 Å². The number of thiazole rings is 1. The summed E-state index contributed by atoms with van der Waals surface area (Å²) in [4.78, 5) is 21.4. The summed E-state index contributed by atoms with van der Waals surface area (Å²) in [6, 6.07) is 11.9. The standard InChI is InChI=1S/C21H14F3N3O2S/c1-11-8-15(13-7-6-12(22)9-16(13)25-11)19(28)27-21-26-17(10-30-21)14-4-2-3-5-18(14)29-20(23)24/h2-10,20H,1H3,(H,26,27,28). The Morgan fingerprint density at radius 1 is 1.13 bits per heavy atom. The van der Waals surface area contributed by atoms with Crippen LogP contribution in [0.25, 0.3) is 22.2 Å². The molecule has 1 N–H and O–H groups in total. The minimum absolute atomic E-state index is 0.00606. The van der Waals surface area contributed by atoms with Gasteiger partial charge in [0.1, 0.15) is 11.6 Å². The topological polar surface area (TPSA) is 64.1 Å². The van der Waals surface area contributed by atoms with Crippen LogP contribution in [0, 0.1) is 12.7 Å². The predicted octanol–water partition coefficient (Wildman–Crippen LogP) is 5.66. The monoisotopic (exact) mass is 429 g/mol. The highest BCUT2D eigenvalue weighted by atomic mass is 32.1. The summed E-state index contributed by atoms with van der Waals surface area (Å²) in [7, 11) is 0. The van der Waals surface area contributed by atoms with E-state index in [9.17, 15) is 18.0 Å². The number of ether oxygens (including phenoxy) is 1. The third kappa shape index (κ3) is 4.11. The van der Waals surface area contributed by atoms with Gasteiger partial charge in [0.25, 0.3) is 5.91 Å². The quantitative estimate of drug-likeness (QED) is 0.445. The molecule has 0 saturated carbocycles. The first-order valence-corrected chi connectivity index (χ1v) is 9.66. The fraction of sp³-hybridized carbons (Fsp3) is 0.0952. The van der Waals surface area contributed by atoms with Crippen molar-refractivity contribution in [1.29, 1.82) is 0 Å². The summed E-state index contributed by atoms with van der Waals surface area (Å²) < 4.78 is 43.3. The first-order valence-electron chi connectivity index (χ1n) is 8.79. The molecule has 0 aliphatic carbocycles. The van der Waals surface area contributed by atoms with Crippen LogP contribution in [-0.2, 0) is 0 Å². The molecular weight excluding hydrogens is 415 g/mol. The normalized spacial score (nSPS) is 11.1. The number of aromatic nitrogens is 2. The van der Waals surface area contributed by atoms with E-state index in [0.717, 1.165) is 11.3 Å². The number of amides is 1. The molecule has 0 unspecified atom stereocenters. The summed E-state index contributed by atoms with van der Waals surface area (Å²) in [6.45, 7) is -1.25. The van der Waals surface area contributed by atoms with Gasteiger partial charge < -0.3 is 4.74 Å². The number of para-hydroxylation sites is 1. The number of anilines is 1. The maximum absolute atomic E-state index is 13.5. The minimum atomic E-state index is -2.96. The molecule has 2 heterocycles. The first-order chi connectivity index (χ1) is 14.4. The van der Waals surface area contributed by atoms with E-state index in [1.807, 2.05) is 0 Å². The molecular formula is C21H14F3N3O2S. The van der Waals surface area contributed by atoms with Crippen molar-refractivity contribution in [3.63, 3.8) is 0 Å². The smallest absolute Gasteiger partial charge is 0.387 e. The Morgan fingerprint density at radius 2 is 1.93 bits per heavy atom. The number of halogens is 3. The number of aryl methyl sites for hydroxylation is 1. The number of carbonyl (C=O) groups excluding carboxylic acids is 1. The zero-order chi connectivity index (χ0) is 21.3. The lowest BCUT2D eigenvalue weighted by atomic mass is 10.1. The maximum atomic E-state index is 13.5. The van der Waals surface area contributed by atoms with Crippen molar-refractivity contribution in [3.8, 4) is 17.0 Å². The van der Waals surface area contributed by atoms with Gasteiger partial charge in [-0.15, -0.1) is 11.3 Å². The van der Waals surface area contributed by atoms with Crippen molar-refractivity contribution in [2.24, 2.45) is 0 Å². The van der Waals surface area contributed by atoms with Crippen LogP contribution in [-0.4, -0.2) is 22.5 Å². The van der Waals surface area contributed by atoms with Crippen molar-refractivity contribution in [2.75, 3.05) is 5.32 Å². The average molecular weight is 429 g/mol. The van der Waals surface area contributed by atoms with Gasteiger partial charge in [0.15, 0.2) is 5.13 Å². The van der Waals surface area contributed by atoms with Crippen molar-refractivity contribution < 1.29 is 22.7 Å². The SMILES string of the molecule is Cc1cc(C(=O)Nc2nc(-c3ccccc3OC(F)F)cs2)c2ccc(F)cc2n1. The highest BCUT2D eigenvalue weighted by Crippen LogP contribution is 2.33. The number of rotatable bonds is 5. The number of carbonyl (C=O) groups is 1. The molecule has 0 aliphatic rings. The van der Waals surface area contributed by atoms with E-state index >= 15 is 0 Å². The van der Waals surface area contributed by atoms with Crippen LogP contribution in [0.1, 0.15) is 16.1 Å². The lowest BCUT2D eigenvalue weighted by molar-refractivity contribution is -0.0494. The second-order valence-electron chi connectivity index (χ2n) is 6.34. The molecule has 152 valence electrons. The number of hydrogen-bond acceptors (Lipinski definition) is 5. The molecule has 0 radical (unpaired) electrons. The summed E-state index contributed by atoms with van der Waals surface area (Å²) in [5.74, 6) is -0.884. The van der Waals surface area contributed by atoms with Crippen LogP contribution in [0.2, 0.25) is 0 Å². The molecule has 9 heteroatoms. The molecule has 1 amide bonds. The Hall–Kier alpha value is -3.46. The van der Waals surface area contributed by atoms with Crippen LogP contribution in [0.3, 0.4) is 0 Å². The number of hydrogen-bond donors (Lipinski definition) is 1. The molecule has 4 rings (SSSR count). The maximum Gasteiger partial charge on any atom is 0.387 e. The Bertz CT molecular complexity index is 1240. The van der Waals surface area contributed by atoms with Crippen molar-refractivity contribution in [2.45, 2.75) is 13.5 Å². The van der Waals surface area contributed by atoms with Gasteiger partial charge in [0.05, 0.1) is 16.8 Å². The molecule has 2 aromatic carbocycles. The number of nitrogens with one attached hydrogen (secondary N) is 1. The molecule has 0 bridgehead atoms. The first kappa shape index (κ1) is 19.8. The Morgan fingerprint density at radius 3 is 2.73 bits per heavy atom. The molecule has 0 spiro atoms. The lowest BCUT2D eigenvalue weighted by Gasteiger charge is -2.09. The Labute approximate surface area is 173 Å². The van der Waals surface area contributed by atoms with Gasteiger partial charge in [-0.1, -0.05) is 12.1 Å². The second-order valence-corrected chi connectivity index (χ2v) is 7.20. The fourth-order valence-electron chi connectivity index (χ4n) is 3.02. The highest BCUT2D eigenvalue weighted by molar-refractivity contribution is 7.14. The number of nitrogens with zero attached hydrogens (tertiary/aromatic N) is 2. The predicted molar refractivity (Wildman–Crippen MR) is 109 cm³/mol. The van der Waals surface area contributed by atoms with Crippen LogP contribution < -0.4 is 10.1 Å². The van der Waals surface area contributed by atoms with Gasteiger partial charge in [-0.25, -0.2) is 9.37 Å². The largest absolute Gasteiger partial charge is 0.434 e. The van der Waals surface area contributed by atoms with Crippen LogP contribution in [0.15, 0.2) is 53.9 Å². The average Bonchev–Trinajstić information content (AvgIpc) is 3.15. The Kier molecular flexibility index (Phi) is 5.37. The molecule has 4 aromatic rings. The van der Waals surface area contributed by atoms with E-state index in [1.54, 1.807) is 36.6 Å². The molecule has 0 aliphatic heterocycles. The lowest BCUT2D eigenvalue weighted by Crippen LogP contribution is -2.13. The van der Waals surface area contributed by atoms with Gasteiger partial charge in [0.2, 0.25) is 0 Å². The van der Waals surface area contributed by atoms with Gasteiger partial charge in [-0.05, 0) is 37.3 Å². The Balaban J connectivity index is 1.63. The molecule has 30 heavy (non-hydrogen) atoms. The van der Waals surface area contributed by atoms with Gasteiger partial charge in [0, 0.05) is 28.1 Å². The molecule has 0 fully saturated rings. The van der Waals surface area contributed by atoms with E-state index in [0.29, 0.717) is 33.4 Å². The molecule has 0 saturated heterocycles. The zero-order valence-electron chi connectivity index (χ0n) is 15.5. The van der Waals surface area contributed by atoms with Crippen molar-refractivity contribution in [1.82, 2.24) is 9.97 Å². The van der Waals surface area contributed by atoms with E-state index in [2.05, 4.69) is 20.0 Å². The summed E-state index contributed by atoms with van der Waals surface area (Å²) in [5, 5.41) is 5.12. The van der Waals surface area contributed by atoms with E-state index in [-0.39, 0.29) is 10.9 Å². The van der Waals surface area contributed by atoms with Crippen molar-refractivity contribution >= 4 is 33.3 Å². The van der Waals surface area contributed by atoms with Crippen LogP contribution in [0.5, 0.6) is 5.75 Å². The third-order valence-electron chi connectivity index (χ3n) is 4.25. The van der Waals surface area contributed by atoms with Crippen LogP contribution in [0.4, 0.5) is 18.3 Å². The summed E-state index contributed by atoms with van der Waals surface area (Å²) in [6.07, 6.45) is 0. The second kappa shape index (κ2) is 8.11.